The van der Waals surface area contributed by atoms with Gasteiger partial charge in [0.05, 0.1) is 16.6 Å². The second kappa shape index (κ2) is 4.53. The van der Waals surface area contributed by atoms with Gasteiger partial charge in [-0.25, -0.2) is 4.98 Å². The van der Waals surface area contributed by atoms with E-state index >= 15 is 0 Å². The molecule has 0 bridgehead atoms. The number of anilines is 1. The lowest BCUT2D eigenvalue weighted by atomic mass is 10.1. The first-order chi connectivity index (χ1) is 10.7. The molecule has 1 aromatic heterocycles. The molecule has 0 saturated carbocycles. The molecule has 5 heteroatoms. The minimum absolute atomic E-state index is 0.00280. The van der Waals surface area contributed by atoms with Crippen LogP contribution in [-0.2, 0) is 11.3 Å². The van der Waals surface area contributed by atoms with Gasteiger partial charge in [0.15, 0.2) is 0 Å². The van der Waals surface area contributed by atoms with Crippen LogP contribution in [0.4, 0.5) is 5.69 Å². The zero-order valence-electron chi connectivity index (χ0n) is 12.0. The standard InChI is InChI=1S/C17H13N3O2/c1-19-14-9-5-3-7-12(14)16-18-13-8-4-2-6-11(13)17(22)20(16)10-15(19)21/h2-9H,10H2,1H3. The number of rotatable bonds is 0. The maximum atomic E-state index is 12.7. The predicted molar refractivity (Wildman–Crippen MR) is 84.8 cm³/mol. The third-order valence-electron chi connectivity index (χ3n) is 4.04. The third-order valence-corrected chi connectivity index (χ3v) is 4.04. The van der Waals surface area contributed by atoms with Gasteiger partial charge in [0.2, 0.25) is 5.91 Å². The van der Waals surface area contributed by atoms with E-state index in [1.807, 2.05) is 36.4 Å². The molecule has 0 saturated heterocycles. The predicted octanol–water partition coefficient (Wildman–Crippen LogP) is 2.04. The number of carbonyl (C=O) groups is 1. The Morgan fingerprint density at radius 2 is 1.73 bits per heavy atom. The molecule has 0 atom stereocenters. The van der Waals surface area contributed by atoms with Gasteiger partial charge in [-0.2, -0.15) is 0 Å². The summed E-state index contributed by atoms with van der Waals surface area (Å²) < 4.78 is 1.47. The molecule has 0 unspecified atom stereocenters. The van der Waals surface area contributed by atoms with Crippen LogP contribution >= 0.6 is 0 Å². The topological polar surface area (TPSA) is 55.2 Å². The smallest absolute Gasteiger partial charge is 0.262 e. The fourth-order valence-electron chi connectivity index (χ4n) is 2.85. The monoisotopic (exact) mass is 291 g/mol. The quantitative estimate of drug-likeness (QED) is 0.637. The molecule has 5 nitrogen and oxygen atoms in total. The first kappa shape index (κ1) is 12.8. The number of nitrogens with zero attached hydrogens (tertiary/aromatic N) is 3. The van der Waals surface area contributed by atoms with Crippen LogP contribution in [0.15, 0.2) is 53.3 Å². The summed E-state index contributed by atoms with van der Waals surface area (Å²) in [5, 5.41) is 0.529. The second-order valence-electron chi connectivity index (χ2n) is 5.31. The van der Waals surface area contributed by atoms with E-state index in [4.69, 9.17) is 0 Å². The number of hydrogen-bond donors (Lipinski definition) is 0. The number of hydrogen-bond acceptors (Lipinski definition) is 3. The van der Waals surface area contributed by atoms with Gasteiger partial charge in [-0.15, -0.1) is 0 Å². The number of amides is 1. The minimum atomic E-state index is -0.181. The van der Waals surface area contributed by atoms with Crippen molar-refractivity contribution in [1.29, 1.82) is 0 Å². The highest BCUT2D eigenvalue weighted by atomic mass is 16.2. The third kappa shape index (κ3) is 1.69. The second-order valence-corrected chi connectivity index (χ2v) is 5.31. The summed E-state index contributed by atoms with van der Waals surface area (Å²) in [5.74, 6) is 0.405. The number of carbonyl (C=O) groups excluding carboxylic acids is 1. The molecule has 0 spiro atoms. The van der Waals surface area contributed by atoms with Crippen molar-refractivity contribution in [1.82, 2.24) is 9.55 Å². The molecule has 0 aliphatic carbocycles. The summed E-state index contributed by atoms with van der Waals surface area (Å²) >= 11 is 0. The molecule has 22 heavy (non-hydrogen) atoms. The lowest BCUT2D eigenvalue weighted by molar-refractivity contribution is -0.118. The highest BCUT2D eigenvalue weighted by Crippen LogP contribution is 2.31. The van der Waals surface area contributed by atoms with E-state index in [0.29, 0.717) is 16.7 Å². The fraction of sp³-hybridized carbons (Fsp3) is 0.118. The van der Waals surface area contributed by atoms with Gasteiger partial charge in [0.25, 0.3) is 5.56 Å². The zero-order valence-corrected chi connectivity index (χ0v) is 12.0. The lowest BCUT2D eigenvalue weighted by Gasteiger charge is -2.16. The Balaban J connectivity index is 2.16. The molecule has 3 aromatic rings. The van der Waals surface area contributed by atoms with Gasteiger partial charge in [-0.3, -0.25) is 14.2 Å². The van der Waals surface area contributed by atoms with Crippen LogP contribution in [-0.4, -0.2) is 22.5 Å². The number of likely N-dealkylation sites (N-methyl/N-ethyl adjacent to an activating group) is 1. The molecule has 1 aliphatic heterocycles. The van der Waals surface area contributed by atoms with Crippen molar-refractivity contribution in [3.63, 3.8) is 0 Å². The van der Waals surface area contributed by atoms with Gasteiger partial charge in [0.1, 0.15) is 12.4 Å². The number of fused-ring (bicyclic) bond motifs is 4. The van der Waals surface area contributed by atoms with Gasteiger partial charge in [-0.05, 0) is 24.3 Å². The van der Waals surface area contributed by atoms with Crippen molar-refractivity contribution in [2.24, 2.45) is 0 Å². The van der Waals surface area contributed by atoms with Crippen LogP contribution < -0.4 is 10.5 Å². The van der Waals surface area contributed by atoms with Crippen LogP contribution in [0.25, 0.3) is 22.3 Å². The van der Waals surface area contributed by atoms with Crippen molar-refractivity contribution < 1.29 is 4.79 Å². The highest BCUT2D eigenvalue weighted by Gasteiger charge is 2.25. The average Bonchev–Trinajstić information content (AvgIpc) is 2.66. The molecule has 2 aromatic carbocycles. The molecule has 108 valence electrons. The summed E-state index contributed by atoms with van der Waals surface area (Å²) in [6, 6.07) is 14.7. The lowest BCUT2D eigenvalue weighted by Crippen LogP contribution is -2.32. The molecule has 2 heterocycles. The zero-order chi connectivity index (χ0) is 15.3. The first-order valence-corrected chi connectivity index (χ1v) is 7.02. The highest BCUT2D eigenvalue weighted by molar-refractivity contribution is 5.99. The average molecular weight is 291 g/mol. The van der Waals surface area contributed by atoms with E-state index in [0.717, 1.165) is 11.3 Å². The largest absolute Gasteiger partial charge is 0.313 e. The summed E-state index contributed by atoms with van der Waals surface area (Å²) in [5.41, 5.74) is 2.02. The van der Waals surface area contributed by atoms with E-state index in [2.05, 4.69) is 4.98 Å². The molecular weight excluding hydrogens is 278 g/mol. The SMILES string of the molecule is CN1C(=O)Cn2c(nc3ccccc3c2=O)-c2ccccc21. The molecule has 1 amide bonds. The van der Waals surface area contributed by atoms with Crippen LogP contribution in [0.3, 0.4) is 0 Å². The van der Waals surface area contributed by atoms with Gasteiger partial charge in [-0.1, -0.05) is 24.3 Å². The van der Waals surface area contributed by atoms with Gasteiger partial charge in [0, 0.05) is 12.6 Å². The van der Waals surface area contributed by atoms with Crippen LogP contribution in [0.5, 0.6) is 0 Å². The number of benzene rings is 2. The normalized spacial score (nSPS) is 13.7. The molecular formula is C17H13N3O2. The summed E-state index contributed by atoms with van der Waals surface area (Å²) in [6.07, 6.45) is 0. The van der Waals surface area contributed by atoms with Crippen molar-refractivity contribution in [3.8, 4) is 11.4 Å². The molecule has 0 N–H and O–H groups in total. The maximum absolute atomic E-state index is 12.7. The van der Waals surface area contributed by atoms with E-state index in [1.165, 1.54) is 4.57 Å². The van der Waals surface area contributed by atoms with E-state index in [9.17, 15) is 9.59 Å². The van der Waals surface area contributed by atoms with E-state index < -0.39 is 0 Å². The van der Waals surface area contributed by atoms with Crippen LogP contribution in [0.1, 0.15) is 0 Å². The minimum Gasteiger partial charge on any atom is -0.313 e. The Bertz CT molecular complexity index is 975. The Hall–Kier alpha value is -2.95. The Morgan fingerprint density at radius 3 is 2.59 bits per heavy atom. The maximum Gasteiger partial charge on any atom is 0.262 e. The summed E-state index contributed by atoms with van der Waals surface area (Å²) in [6.45, 7) is -0.00280. The van der Waals surface area contributed by atoms with Crippen LogP contribution in [0.2, 0.25) is 0 Å². The van der Waals surface area contributed by atoms with Crippen molar-refractivity contribution >= 4 is 22.5 Å². The van der Waals surface area contributed by atoms with Gasteiger partial charge >= 0.3 is 0 Å². The fourth-order valence-corrected chi connectivity index (χ4v) is 2.85. The molecule has 0 fully saturated rings. The first-order valence-electron chi connectivity index (χ1n) is 7.02. The number of para-hydroxylation sites is 2. The Kier molecular flexibility index (Phi) is 2.63. The van der Waals surface area contributed by atoms with Crippen molar-refractivity contribution in [3.05, 3.63) is 58.9 Å². The van der Waals surface area contributed by atoms with E-state index in [1.54, 1.807) is 24.1 Å². The van der Waals surface area contributed by atoms with Crippen molar-refractivity contribution in [2.75, 3.05) is 11.9 Å². The Labute approximate surface area is 126 Å². The molecule has 1 aliphatic rings. The molecule has 0 radical (unpaired) electrons. The summed E-state index contributed by atoms with van der Waals surface area (Å²) in [4.78, 5) is 31.3. The molecule has 4 rings (SSSR count). The van der Waals surface area contributed by atoms with Crippen molar-refractivity contribution in [2.45, 2.75) is 6.54 Å². The number of aromatic nitrogens is 2. The van der Waals surface area contributed by atoms with Gasteiger partial charge < -0.3 is 4.90 Å². The summed E-state index contributed by atoms with van der Waals surface area (Å²) in [7, 11) is 1.72. The Morgan fingerprint density at radius 1 is 1.00 bits per heavy atom. The van der Waals surface area contributed by atoms with Crippen LogP contribution in [0, 0.1) is 0 Å². The van der Waals surface area contributed by atoms with E-state index in [-0.39, 0.29) is 18.0 Å².